The van der Waals surface area contributed by atoms with Crippen LogP contribution in [0, 0.1) is 0 Å². The van der Waals surface area contributed by atoms with Gasteiger partial charge in [0.05, 0.1) is 6.54 Å². The second-order valence-electron chi connectivity index (χ2n) is 3.43. The molecule has 16 heavy (non-hydrogen) atoms. The third-order valence-electron chi connectivity index (χ3n) is 2.37. The van der Waals surface area contributed by atoms with E-state index in [1.807, 2.05) is 18.4 Å². The van der Waals surface area contributed by atoms with Crippen LogP contribution in [0.4, 0.5) is 0 Å². The van der Waals surface area contributed by atoms with Gasteiger partial charge in [0.1, 0.15) is 0 Å². The Balaban J connectivity index is 2.10. The number of fused-ring (bicyclic) bond motifs is 1. The molecule has 0 bridgehead atoms. The lowest BCUT2D eigenvalue weighted by Crippen LogP contribution is -2.33. The molecule has 3 nitrogen and oxygen atoms in total. The number of guanidine groups is 1. The van der Waals surface area contributed by atoms with E-state index in [1.54, 1.807) is 7.05 Å². The van der Waals surface area contributed by atoms with E-state index in [0.717, 1.165) is 12.5 Å². The summed E-state index contributed by atoms with van der Waals surface area (Å²) in [6.45, 7) is 0.812. The minimum absolute atomic E-state index is 0.812. The second-order valence-corrected chi connectivity index (χ2v) is 4.59. The maximum Gasteiger partial charge on any atom is 0.191 e. The van der Waals surface area contributed by atoms with E-state index in [2.05, 4.69) is 46.0 Å². The lowest BCUT2D eigenvalue weighted by Gasteiger charge is -2.06. The molecule has 0 aliphatic heterocycles. The van der Waals surface area contributed by atoms with Gasteiger partial charge in [0.2, 0.25) is 0 Å². The minimum atomic E-state index is 0.812. The quantitative estimate of drug-likeness (QED) is 0.616. The summed E-state index contributed by atoms with van der Waals surface area (Å²) in [5, 5.41) is 7.55. The van der Waals surface area contributed by atoms with Crippen molar-refractivity contribution in [1.82, 2.24) is 10.6 Å². The van der Waals surface area contributed by atoms with E-state index >= 15 is 0 Å². The molecule has 0 aliphatic rings. The van der Waals surface area contributed by atoms with Crippen LogP contribution in [0.2, 0.25) is 0 Å². The lowest BCUT2D eigenvalue weighted by molar-refractivity contribution is 0.880. The Bertz CT molecular complexity index is 469. The van der Waals surface area contributed by atoms with Gasteiger partial charge in [-0.05, 0) is 17.5 Å². The summed E-state index contributed by atoms with van der Waals surface area (Å²) < 4.78 is 1.33. The van der Waals surface area contributed by atoms with E-state index in [4.69, 9.17) is 0 Å². The third kappa shape index (κ3) is 2.33. The first-order chi connectivity index (χ1) is 7.83. The van der Waals surface area contributed by atoms with Crippen LogP contribution in [0.25, 0.3) is 10.1 Å². The fourth-order valence-electron chi connectivity index (χ4n) is 1.57. The van der Waals surface area contributed by atoms with Crippen LogP contribution in [0.3, 0.4) is 0 Å². The average Bonchev–Trinajstić information content (AvgIpc) is 2.73. The molecule has 0 saturated heterocycles. The van der Waals surface area contributed by atoms with E-state index in [-0.39, 0.29) is 0 Å². The number of hydrogen-bond acceptors (Lipinski definition) is 2. The van der Waals surface area contributed by atoms with Crippen molar-refractivity contribution in [3.8, 4) is 0 Å². The Hall–Kier alpha value is -1.55. The van der Waals surface area contributed by atoms with Crippen molar-refractivity contribution in [1.29, 1.82) is 0 Å². The summed E-state index contributed by atoms with van der Waals surface area (Å²) in [7, 11) is 3.63. The molecule has 4 heteroatoms. The van der Waals surface area contributed by atoms with Gasteiger partial charge in [-0.2, -0.15) is 0 Å². The van der Waals surface area contributed by atoms with Crippen LogP contribution in [-0.2, 0) is 6.54 Å². The monoisotopic (exact) mass is 233 g/mol. The molecule has 0 unspecified atom stereocenters. The zero-order valence-electron chi connectivity index (χ0n) is 9.45. The maximum absolute atomic E-state index is 4.07. The molecule has 2 aromatic rings. The number of rotatable bonds is 2. The highest BCUT2D eigenvalue weighted by Gasteiger charge is 2.01. The Morgan fingerprint density at radius 3 is 2.88 bits per heavy atom. The molecular formula is C12H15N3S. The van der Waals surface area contributed by atoms with E-state index < -0.39 is 0 Å². The van der Waals surface area contributed by atoms with Crippen molar-refractivity contribution in [3.05, 3.63) is 35.2 Å². The van der Waals surface area contributed by atoms with Crippen LogP contribution in [-0.4, -0.2) is 20.1 Å². The summed E-state index contributed by atoms with van der Waals surface area (Å²) in [5.74, 6) is 0.817. The fourth-order valence-corrected chi connectivity index (χ4v) is 2.58. The van der Waals surface area contributed by atoms with E-state index in [9.17, 15) is 0 Å². The molecule has 0 fully saturated rings. The fraction of sp³-hybridized carbons (Fsp3) is 0.250. The van der Waals surface area contributed by atoms with Gasteiger partial charge in [0.25, 0.3) is 0 Å². The van der Waals surface area contributed by atoms with Crippen molar-refractivity contribution < 1.29 is 0 Å². The summed E-state index contributed by atoms with van der Waals surface area (Å²) in [6.07, 6.45) is 0. The normalized spacial score (nSPS) is 11.8. The molecule has 0 spiro atoms. The smallest absolute Gasteiger partial charge is 0.191 e. The molecule has 2 N–H and O–H groups in total. The van der Waals surface area contributed by atoms with Crippen LogP contribution < -0.4 is 10.6 Å². The van der Waals surface area contributed by atoms with Crippen LogP contribution in [0.1, 0.15) is 4.88 Å². The molecule has 84 valence electrons. The van der Waals surface area contributed by atoms with E-state index in [1.165, 1.54) is 15.0 Å². The highest BCUT2D eigenvalue weighted by Crippen LogP contribution is 2.24. The third-order valence-corrected chi connectivity index (χ3v) is 3.48. The Morgan fingerprint density at radius 1 is 1.38 bits per heavy atom. The topological polar surface area (TPSA) is 36.4 Å². The van der Waals surface area contributed by atoms with Gasteiger partial charge in [-0.15, -0.1) is 11.3 Å². The van der Waals surface area contributed by atoms with Gasteiger partial charge in [-0.3, -0.25) is 4.99 Å². The zero-order valence-corrected chi connectivity index (χ0v) is 10.3. The molecular weight excluding hydrogens is 218 g/mol. The Kier molecular flexibility index (Phi) is 3.41. The molecule has 0 amide bonds. The van der Waals surface area contributed by atoms with Crippen LogP contribution in [0.15, 0.2) is 35.3 Å². The SMILES string of the molecule is CN=C(NC)NCc1cc2ccccc2s1. The first kappa shape index (κ1) is 11.0. The van der Waals surface area contributed by atoms with Crippen molar-refractivity contribution in [2.75, 3.05) is 14.1 Å². The summed E-state index contributed by atoms with van der Waals surface area (Å²) in [4.78, 5) is 5.39. The second kappa shape index (κ2) is 4.99. The molecule has 1 heterocycles. The molecule has 2 rings (SSSR count). The van der Waals surface area contributed by atoms with Crippen molar-refractivity contribution in [2.45, 2.75) is 6.54 Å². The largest absolute Gasteiger partial charge is 0.359 e. The molecule has 1 aromatic carbocycles. The lowest BCUT2D eigenvalue weighted by atomic mass is 10.2. The zero-order chi connectivity index (χ0) is 11.4. The average molecular weight is 233 g/mol. The van der Waals surface area contributed by atoms with Gasteiger partial charge in [-0.1, -0.05) is 18.2 Å². The van der Waals surface area contributed by atoms with Gasteiger partial charge < -0.3 is 10.6 Å². The molecule has 0 atom stereocenters. The number of nitrogens with one attached hydrogen (secondary N) is 2. The Morgan fingerprint density at radius 2 is 2.19 bits per heavy atom. The number of hydrogen-bond donors (Lipinski definition) is 2. The maximum atomic E-state index is 4.07. The number of aliphatic imine (C=N–C) groups is 1. The molecule has 0 radical (unpaired) electrons. The van der Waals surface area contributed by atoms with Gasteiger partial charge in [0, 0.05) is 23.7 Å². The molecule has 0 aliphatic carbocycles. The summed E-state index contributed by atoms with van der Waals surface area (Å²) in [5.41, 5.74) is 0. The van der Waals surface area contributed by atoms with Crippen LogP contribution >= 0.6 is 11.3 Å². The first-order valence-electron chi connectivity index (χ1n) is 5.19. The first-order valence-corrected chi connectivity index (χ1v) is 6.01. The number of benzene rings is 1. The minimum Gasteiger partial charge on any atom is -0.359 e. The van der Waals surface area contributed by atoms with Gasteiger partial charge >= 0.3 is 0 Å². The molecule has 1 aromatic heterocycles. The van der Waals surface area contributed by atoms with Gasteiger partial charge in [0.15, 0.2) is 5.96 Å². The predicted octanol–water partition coefficient (Wildman–Crippen LogP) is 2.20. The highest BCUT2D eigenvalue weighted by molar-refractivity contribution is 7.19. The van der Waals surface area contributed by atoms with Crippen molar-refractivity contribution in [3.63, 3.8) is 0 Å². The summed E-state index contributed by atoms with van der Waals surface area (Å²) >= 11 is 1.81. The summed E-state index contributed by atoms with van der Waals surface area (Å²) in [6, 6.07) is 10.6. The van der Waals surface area contributed by atoms with Gasteiger partial charge in [-0.25, -0.2) is 0 Å². The van der Waals surface area contributed by atoms with Crippen LogP contribution in [0.5, 0.6) is 0 Å². The molecule has 0 saturated carbocycles. The van der Waals surface area contributed by atoms with Crippen molar-refractivity contribution >= 4 is 27.4 Å². The highest BCUT2D eigenvalue weighted by atomic mass is 32.1. The Labute approximate surface area is 99.2 Å². The predicted molar refractivity (Wildman–Crippen MR) is 71.1 cm³/mol. The number of thiophene rings is 1. The standard InChI is InChI=1S/C12H15N3S/c1-13-12(14-2)15-8-10-7-9-5-3-4-6-11(9)16-10/h3-7H,8H2,1-2H3,(H2,13,14,15). The van der Waals surface area contributed by atoms with E-state index in [0.29, 0.717) is 0 Å². The van der Waals surface area contributed by atoms with Crippen molar-refractivity contribution in [2.24, 2.45) is 4.99 Å². The number of nitrogens with zero attached hydrogens (tertiary/aromatic N) is 1.